The molecule has 1 amide bonds. The minimum atomic E-state index is -2.84. The predicted molar refractivity (Wildman–Crippen MR) is 92.4 cm³/mol. The van der Waals surface area contributed by atoms with E-state index in [0.29, 0.717) is 13.1 Å². The van der Waals surface area contributed by atoms with E-state index in [4.69, 9.17) is 5.73 Å². The van der Waals surface area contributed by atoms with Crippen molar-refractivity contribution in [3.8, 4) is 5.75 Å². The minimum Gasteiger partial charge on any atom is -0.435 e. The predicted octanol–water partition coefficient (Wildman–Crippen LogP) is 2.31. The van der Waals surface area contributed by atoms with E-state index in [1.165, 1.54) is 12.1 Å². The summed E-state index contributed by atoms with van der Waals surface area (Å²) in [5, 5.41) is 0. The number of amides is 1. The third-order valence-corrected chi connectivity index (χ3v) is 4.74. The van der Waals surface area contributed by atoms with Crippen molar-refractivity contribution in [2.75, 3.05) is 26.7 Å². The van der Waals surface area contributed by atoms with Crippen LogP contribution in [-0.2, 0) is 11.3 Å². The van der Waals surface area contributed by atoms with E-state index in [1.807, 2.05) is 0 Å². The van der Waals surface area contributed by atoms with Crippen LogP contribution in [0.2, 0.25) is 0 Å². The Morgan fingerprint density at radius 2 is 2.04 bits per heavy atom. The molecule has 1 aromatic carbocycles. The molecule has 1 fully saturated rings. The molecular formula is C18H27F2N3O2. The van der Waals surface area contributed by atoms with Crippen LogP contribution < -0.4 is 10.5 Å². The van der Waals surface area contributed by atoms with Gasteiger partial charge in [-0.15, -0.1) is 0 Å². The summed E-state index contributed by atoms with van der Waals surface area (Å²) in [6, 6.07) is 6.49. The summed E-state index contributed by atoms with van der Waals surface area (Å²) in [7, 11) is 1.74. The van der Waals surface area contributed by atoms with Crippen LogP contribution in [0.1, 0.15) is 25.8 Å². The Morgan fingerprint density at radius 1 is 1.40 bits per heavy atom. The topological polar surface area (TPSA) is 58.8 Å². The van der Waals surface area contributed by atoms with Gasteiger partial charge in [-0.3, -0.25) is 9.69 Å². The second-order valence-electron chi connectivity index (χ2n) is 7.37. The largest absolute Gasteiger partial charge is 0.435 e. The quantitative estimate of drug-likeness (QED) is 0.851. The number of hydrogen-bond acceptors (Lipinski definition) is 4. The van der Waals surface area contributed by atoms with Crippen molar-refractivity contribution in [3.63, 3.8) is 0 Å². The Kier molecular flexibility index (Phi) is 6.35. The molecule has 140 valence electrons. The van der Waals surface area contributed by atoms with Crippen molar-refractivity contribution in [1.29, 1.82) is 0 Å². The Hall–Kier alpha value is -1.73. The van der Waals surface area contributed by atoms with Crippen molar-refractivity contribution in [2.24, 2.45) is 11.1 Å². The van der Waals surface area contributed by atoms with Crippen molar-refractivity contribution < 1.29 is 18.3 Å². The first kappa shape index (κ1) is 19.6. The van der Waals surface area contributed by atoms with Gasteiger partial charge in [-0.2, -0.15) is 8.78 Å². The van der Waals surface area contributed by atoms with Gasteiger partial charge < -0.3 is 15.4 Å². The lowest BCUT2D eigenvalue weighted by Crippen LogP contribution is -2.54. The van der Waals surface area contributed by atoms with Crippen molar-refractivity contribution >= 4 is 5.91 Å². The molecule has 2 rings (SSSR count). The first-order chi connectivity index (χ1) is 11.7. The molecule has 1 heterocycles. The third-order valence-electron chi connectivity index (χ3n) is 4.74. The zero-order chi connectivity index (χ0) is 18.6. The number of likely N-dealkylation sites (N-methyl/N-ethyl adjacent to an activating group) is 1. The molecule has 1 aliphatic rings. The number of nitrogens with zero attached hydrogens (tertiary/aromatic N) is 2. The number of carbonyl (C=O) groups is 1. The zero-order valence-electron chi connectivity index (χ0n) is 15.0. The first-order valence-corrected chi connectivity index (χ1v) is 8.43. The van der Waals surface area contributed by atoms with E-state index in [1.54, 1.807) is 24.1 Å². The van der Waals surface area contributed by atoms with Gasteiger partial charge in [0.25, 0.3) is 0 Å². The summed E-state index contributed by atoms with van der Waals surface area (Å²) in [6.45, 7) is 3.82. The summed E-state index contributed by atoms with van der Waals surface area (Å²) >= 11 is 0. The number of ether oxygens (including phenoxy) is 1. The van der Waals surface area contributed by atoms with E-state index in [-0.39, 0.29) is 23.1 Å². The summed E-state index contributed by atoms with van der Waals surface area (Å²) in [6.07, 6.45) is 0.885. The van der Waals surface area contributed by atoms with Crippen LogP contribution in [0, 0.1) is 5.41 Å². The Balaban J connectivity index is 1.86. The van der Waals surface area contributed by atoms with E-state index in [0.717, 1.165) is 25.1 Å². The van der Waals surface area contributed by atoms with Crippen LogP contribution in [0.15, 0.2) is 24.3 Å². The molecule has 0 spiro atoms. The molecule has 0 bridgehead atoms. The third kappa shape index (κ3) is 5.64. The van der Waals surface area contributed by atoms with Crippen LogP contribution in [0.4, 0.5) is 8.78 Å². The second kappa shape index (κ2) is 8.10. The molecule has 1 aromatic rings. The number of piperidine rings is 1. The summed E-state index contributed by atoms with van der Waals surface area (Å²) < 4.78 is 28.6. The van der Waals surface area contributed by atoms with Gasteiger partial charge in [-0.05, 0) is 29.5 Å². The van der Waals surface area contributed by atoms with Gasteiger partial charge in [-0.1, -0.05) is 26.0 Å². The number of rotatable bonds is 6. The SMILES string of the molecule is CN(Cc1ccc(OC(F)F)cc1)C(=O)CN1CCC(N)C(C)(C)C1. The van der Waals surface area contributed by atoms with Gasteiger partial charge >= 0.3 is 6.61 Å². The van der Waals surface area contributed by atoms with Gasteiger partial charge in [0.05, 0.1) is 6.54 Å². The lowest BCUT2D eigenvalue weighted by Gasteiger charge is -2.42. The molecule has 25 heavy (non-hydrogen) atoms. The maximum Gasteiger partial charge on any atom is 0.387 e. The number of likely N-dealkylation sites (tertiary alicyclic amines) is 1. The number of carbonyl (C=O) groups excluding carboxylic acids is 1. The van der Waals surface area contributed by atoms with Crippen LogP contribution in [0.5, 0.6) is 5.75 Å². The maximum atomic E-state index is 12.4. The average molecular weight is 355 g/mol. The molecule has 1 aliphatic heterocycles. The Labute approximate surface area is 147 Å². The summed E-state index contributed by atoms with van der Waals surface area (Å²) in [5.41, 5.74) is 6.99. The highest BCUT2D eigenvalue weighted by Crippen LogP contribution is 2.27. The molecule has 1 saturated heterocycles. The van der Waals surface area contributed by atoms with Crippen molar-refractivity contribution in [2.45, 2.75) is 39.5 Å². The highest BCUT2D eigenvalue weighted by Gasteiger charge is 2.34. The molecule has 2 N–H and O–H groups in total. The summed E-state index contributed by atoms with van der Waals surface area (Å²) in [4.78, 5) is 16.2. The van der Waals surface area contributed by atoms with E-state index < -0.39 is 6.61 Å². The molecular weight excluding hydrogens is 328 g/mol. The molecule has 1 unspecified atom stereocenters. The number of alkyl halides is 2. The highest BCUT2D eigenvalue weighted by molar-refractivity contribution is 5.78. The minimum absolute atomic E-state index is 0.00235. The van der Waals surface area contributed by atoms with Gasteiger partial charge in [0.1, 0.15) is 5.75 Å². The fraction of sp³-hybridized carbons (Fsp3) is 0.611. The van der Waals surface area contributed by atoms with E-state index >= 15 is 0 Å². The monoisotopic (exact) mass is 355 g/mol. The van der Waals surface area contributed by atoms with E-state index in [9.17, 15) is 13.6 Å². The maximum absolute atomic E-state index is 12.4. The standard InChI is InChI=1S/C18H27F2N3O2/c1-18(2)12-23(9-8-15(18)21)11-16(24)22(3)10-13-4-6-14(7-5-13)25-17(19)20/h4-7,15,17H,8-12,21H2,1-3H3. The fourth-order valence-electron chi connectivity index (χ4n) is 3.07. The highest BCUT2D eigenvalue weighted by atomic mass is 19.3. The molecule has 0 radical (unpaired) electrons. The first-order valence-electron chi connectivity index (χ1n) is 8.43. The number of benzene rings is 1. The Morgan fingerprint density at radius 3 is 2.60 bits per heavy atom. The van der Waals surface area contributed by atoms with Gasteiger partial charge in [-0.25, -0.2) is 0 Å². The number of nitrogens with two attached hydrogens (primary N) is 1. The van der Waals surface area contributed by atoms with Gasteiger partial charge in [0.15, 0.2) is 0 Å². The smallest absolute Gasteiger partial charge is 0.387 e. The molecule has 7 heteroatoms. The zero-order valence-corrected chi connectivity index (χ0v) is 15.0. The molecule has 0 saturated carbocycles. The summed E-state index contributed by atoms with van der Waals surface area (Å²) in [5.74, 6) is 0.138. The molecule has 5 nitrogen and oxygen atoms in total. The fourth-order valence-corrected chi connectivity index (χ4v) is 3.07. The normalized spacial score (nSPS) is 20.5. The molecule has 0 aliphatic carbocycles. The number of hydrogen-bond donors (Lipinski definition) is 1. The van der Waals surface area contributed by atoms with Crippen molar-refractivity contribution in [1.82, 2.24) is 9.80 Å². The van der Waals surface area contributed by atoms with Crippen LogP contribution in [-0.4, -0.2) is 55.0 Å². The molecule has 1 atom stereocenters. The second-order valence-corrected chi connectivity index (χ2v) is 7.37. The van der Waals surface area contributed by atoms with Crippen molar-refractivity contribution in [3.05, 3.63) is 29.8 Å². The lowest BCUT2D eigenvalue weighted by atomic mass is 9.80. The number of halogens is 2. The molecule has 0 aromatic heterocycles. The van der Waals surface area contributed by atoms with Gasteiger partial charge in [0, 0.05) is 32.7 Å². The van der Waals surface area contributed by atoms with Crippen LogP contribution >= 0.6 is 0 Å². The van der Waals surface area contributed by atoms with Gasteiger partial charge in [0.2, 0.25) is 5.91 Å². The lowest BCUT2D eigenvalue weighted by molar-refractivity contribution is -0.132. The average Bonchev–Trinajstić information content (AvgIpc) is 2.52. The van der Waals surface area contributed by atoms with E-state index in [2.05, 4.69) is 23.5 Å². The Bertz CT molecular complexity index is 578. The van der Waals surface area contributed by atoms with Crippen LogP contribution in [0.25, 0.3) is 0 Å². The van der Waals surface area contributed by atoms with Crippen LogP contribution in [0.3, 0.4) is 0 Å².